The number of ether oxygens (including phenoxy) is 3. The minimum Gasteiger partial charge on any atom is -0.492 e. The van der Waals surface area contributed by atoms with Crippen molar-refractivity contribution in [2.45, 2.75) is 6.43 Å². The van der Waals surface area contributed by atoms with Crippen molar-refractivity contribution < 1.29 is 27.8 Å². The maximum absolute atomic E-state index is 12.3. The number of nitrogens with zero attached hydrogens (tertiary/aromatic N) is 2. The minimum atomic E-state index is -2.34. The van der Waals surface area contributed by atoms with Crippen LogP contribution in [-0.2, 0) is 0 Å². The Bertz CT molecular complexity index is 595. The molecule has 1 aromatic carbocycles. The maximum Gasteiger partial charge on any atom is 0.317 e. The number of amides is 2. The lowest BCUT2D eigenvalue weighted by Crippen LogP contribution is -2.52. The maximum atomic E-state index is 12.3. The number of urea groups is 1. The second kappa shape index (κ2) is 8.19. The van der Waals surface area contributed by atoms with E-state index < -0.39 is 6.43 Å². The zero-order valence-electron chi connectivity index (χ0n) is 13.7. The molecule has 9 heteroatoms. The topological polar surface area (TPSA) is 63.3 Å². The average Bonchev–Trinajstić information content (AvgIpc) is 3.06. The molecule has 3 rings (SSSR count). The monoisotopic (exact) mass is 357 g/mol. The molecule has 2 amide bonds. The molecule has 0 atom stereocenters. The summed E-state index contributed by atoms with van der Waals surface area (Å²) in [7, 11) is 0. The zero-order chi connectivity index (χ0) is 17.6. The van der Waals surface area contributed by atoms with Crippen LogP contribution in [0.3, 0.4) is 0 Å². The van der Waals surface area contributed by atoms with Gasteiger partial charge in [0.25, 0.3) is 6.43 Å². The van der Waals surface area contributed by atoms with E-state index in [4.69, 9.17) is 14.2 Å². The van der Waals surface area contributed by atoms with Gasteiger partial charge in [-0.05, 0) is 12.1 Å². The number of fused-ring (bicyclic) bond motifs is 1. The van der Waals surface area contributed by atoms with Crippen molar-refractivity contribution in [3.63, 3.8) is 0 Å². The van der Waals surface area contributed by atoms with Crippen LogP contribution < -0.4 is 19.5 Å². The molecule has 0 spiro atoms. The second-order valence-corrected chi connectivity index (χ2v) is 5.77. The Morgan fingerprint density at radius 1 is 1.20 bits per heavy atom. The normalized spacial score (nSPS) is 17.0. The molecule has 25 heavy (non-hydrogen) atoms. The molecular formula is C16H21F2N3O4. The van der Waals surface area contributed by atoms with Gasteiger partial charge in [0.2, 0.25) is 6.79 Å². The molecule has 0 radical (unpaired) electrons. The van der Waals surface area contributed by atoms with Gasteiger partial charge in [0.05, 0.1) is 13.1 Å². The molecule has 0 saturated carbocycles. The van der Waals surface area contributed by atoms with Gasteiger partial charge in [0, 0.05) is 32.2 Å². The van der Waals surface area contributed by atoms with E-state index in [0.717, 1.165) is 0 Å². The smallest absolute Gasteiger partial charge is 0.317 e. The van der Waals surface area contributed by atoms with E-state index in [1.165, 1.54) is 0 Å². The van der Waals surface area contributed by atoms with Gasteiger partial charge < -0.3 is 24.4 Å². The van der Waals surface area contributed by atoms with Gasteiger partial charge in [0.15, 0.2) is 11.5 Å². The van der Waals surface area contributed by atoms with Crippen molar-refractivity contribution in [2.75, 3.05) is 52.7 Å². The molecular weight excluding hydrogens is 336 g/mol. The van der Waals surface area contributed by atoms with E-state index in [0.29, 0.717) is 56.6 Å². The Kier molecular flexibility index (Phi) is 5.75. The fourth-order valence-corrected chi connectivity index (χ4v) is 2.73. The molecule has 0 unspecified atom stereocenters. The summed E-state index contributed by atoms with van der Waals surface area (Å²) in [5.74, 6) is 1.97. The summed E-state index contributed by atoms with van der Waals surface area (Å²) in [6.07, 6.45) is -2.34. The van der Waals surface area contributed by atoms with E-state index >= 15 is 0 Å². The predicted octanol–water partition coefficient (Wildman–Crippen LogP) is 1.39. The zero-order valence-corrected chi connectivity index (χ0v) is 13.7. The van der Waals surface area contributed by atoms with Gasteiger partial charge in [-0.1, -0.05) is 0 Å². The van der Waals surface area contributed by atoms with Gasteiger partial charge in [-0.25, -0.2) is 13.6 Å². The summed E-state index contributed by atoms with van der Waals surface area (Å²) in [6.45, 7) is 2.46. The van der Waals surface area contributed by atoms with Crippen LogP contribution in [0.25, 0.3) is 0 Å². The van der Waals surface area contributed by atoms with E-state index in [9.17, 15) is 13.6 Å². The lowest BCUT2D eigenvalue weighted by Gasteiger charge is -2.34. The third-order valence-corrected chi connectivity index (χ3v) is 4.05. The van der Waals surface area contributed by atoms with Crippen molar-refractivity contribution in [1.29, 1.82) is 0 Å². The third kappa shape index (κ3) is 4.85. The van der Waals surface area contributed by atoms with E-state index in [2.05, 4.69) is 5.32 Å². The summed E-state index contributed by atoms with van der Waals surface area (Å²) >= 11 is 0. The van der Waals surface area contributed by atoms with Crippen LogP contribution in [0.1, 0.15) is 0 Å². The number of benzene rings is 1. The quantitative estimate of drug-likeness (QED) is 0.780. The molecule has 7 nitrogen and oxygen atoms in total. The fourth-order valence-electron chi connectivity index (χ4n) is 2.73. The number of halogens is 2. The highest BCUT2D eigenvalue weighted by Crippen LogP contribution is 2.34. The first-order valence-electron chi connectivity index (χ1n) is 8.17. The number of carbonyl (C=O) groups excluding carboxylic acids is 1. The Hall–Kier alpha value is -2.29. The number of nitrogens with one attached hydrogen (secondary N) is 1. The van der Waals surface area contributed by atoms with Crippen molar-refractivity contribution in [3.8, 4) is 17.2 Å². The molecule has 2 aliphatic rings. The summed E-state index contributed by atoms with van der Waals surface area (Å²) in [4.78, 5) is 15.3. The summed E-state index contributed by atoms with van der Waals surface area (Å²) < 4.78 is 40.7. The Morgan fingerprint density at radius 2 is 1.96 bits per heavy atom. The molecule has 138 valence electrons. The first-order valence-corrected chi connectivity index (χ1v) is 8.17. The van der Waals surface area contributed by atoms with E-state index in [1.54, 1.807) is 28.0 Å². The predicted molar refractivity (Wildman–Crippen MR) is 85.5 cm³/mol. The highest BCUT2D eigenvalue weighted by atomic mass is 19.3. The van der Waals surface area contributed by atoms with Gasteiger partial charge in [-0.2, -0.15) is 0 Å². The highest BCUT2D eigenvalue weighted by molar-refractivity contribution is 5.74. The first-order chi connectivity index (χ1) is 12.1. The molecule has 2 heterocycles. The van der Waals surface area contributed by atoms with Gasteiger partial charge in [-0.15, -0.1) is 0 Å². The molecule has 0 aromatic heterocycles. The molecule has 1 N–H and O–H groups in total. The third-order valence-electron chi connectivity index (χ3n) is 4.05. The second-order valence-electron chi connectivity index (χ2n) is 5.77. The largest absolute Gasteiger partial charge is 0.492 e. The van der Waals surface area contributed by atoms with Gasteiger partial charge in [-0.3, -0.25) is 4.90 Å². The lowest BCUT2D eigenvalue weighted by atomic mass is 10.3. The number of hydrogen-bond acceptors (Lipinski definition) is 5. The van der Waals surface area contributed by atoms with Crippen molar-refractivity contribution in [2.24, 2.45) is 0 Å². The van der Waals surface area contributed by atoms with Crippen LogP contribution in [0.4, 0.5) is 13.6 Å². The first kappa shape index (κ1) is 17.5. The SMILES string of the molecule is O=C(NCCOc1ccc2c(c1)OCO2)N1CCN(CC(F)F)CC1. The van der Waals surface area contributed by atoms with Crippen molar-refractivity contribution in [1.82, 2.24) is 15.1 Å². The van der Waals surface area contributed by atoms with Gasteiger partial charge in [0.1, 0.15) is 12.4 Å². The standard InChI is InChI=1S/C16H21F2N3O4/c17-15(18)10-20-4-6-21(7-5-20)16(22)19-3-8-23-12-1-2-13-14(9-12)25-11-24-13/h1-2,9,15H,3-8,10-11H2,(H,19,22). The van der Waals surface area contributed by atoms with Crippen LogP contribution in [-0.4, -0.2) is 74.9 Å². The van der Waals surface area contributed by atoms with Crippen LogP contribution in [0, 0.1) is 0 Å². The lowest BCUT2D eigenvalue weighted by molar-refractivity contribution is 0.0635. The number of hydrogen-bond donors (Lipinski definition) is 1. The fraction of sp³-hybridized carbons (Fsp3) is 0.562. The summed E-state index contributed by atoms with van der Waals surface area (Å²) in [6, 6.07) is 5.09. The number of alkyl halides is 2. The van der Waals surface area contributed by atoms with E-state index in [1.807, 2.05) is 0 Å². The van der Waals surface area contributed by atoms with Crippen LogP contribution in [0.15, 0.2) is 18.2 Å². The Morgan fingerprint density at radius 3 is 2.72 bits per heavy atom. The molecule has 2 aliphatic heterocycles. The Labute approximate surface area is 144 Å². The Balaban J connectivity index is 1.33. The highest BCUT2D eigenvalue weighted by Gasteiger charge is 2.22. The molecule has 1 aromatic rings. The minimum absolute atomic E-state index is 0.203. The molecule has 0 aliphatic carbocycles. The van der Waals surface area contributed by atoms with Crippen LogP contribution in [0.5, 0.6) is 17.2 Å². The van der Waals surface area contributed by atoms with Gasteiger partial charge >= 0.3 is 6.03 Å². The van der Waals surface area contributed by atoms with Crippen molar-refractivity contribution in [3.05, 3.63) is 18.2 Å². The number of piperazine rings is 1. The summed E-state index contributed by atoms with van der Waals surface area (Å²) in [5.41, 5.74) is 0. The molecule has 1 saturated heterocycles. The molecule has 0 bridgehead atoms. The van der Waals surface area contributed by atoms with Crippen molar-refractivity contribution >= 4 is 6.03 Å². The van der Waals surface area contributed by atoms with Crippen LogP contribution in [0.2, 0.25) is 0 Å². The van der Waals surface area contributed by atoms with Crippen LogP contribution >= 0.6 is 0 Å². The summed E-state index contributed by atoms with van der Waals surface area (Å²) in [5, 5.41) is 2.77. The number of carbonyl (C=O) groups is 1. The number of rotatable bonds is 6. The van der Waals surface area contributed by atoms with E-state index in [-0.39, 0.29) is 19.4 Å². The molecule has 1 fully saturated rings. The average molecular weight is 357 g/mol.